The Bertz CT molecular complexity index is 13.5. The van der Waals surface area contributed by atoms with Crippen LogP contribution in [0.5, 0.6) is 0 Å². The van der Waals surface area contributed by atoms with E-state index in [-0.39, 0.29) is 21.1 Å². The van der Waals surface area contributed by atoms with Crippen molar-refractivity contribution in [2.24, 2.45) is 0 Å². The molecule has 2 heteroatoms. The van der Waals surface area contributed by atoms with E-state index in [2.05, 4.69) is 0 Å². The van der Waals surface area contributed by atoms with Crippen LogP contribution in [0.4, 0.5) is 0 Å². The molecule has 1 nitrogen and oxygen atoms in total. The summed E-state index contributed by atoms with van der Waals surface area (Å²) in [6.45, 7) is 1.32. The summed E-state index contributed by atoms with van der Waals surface area (Å²) in [6.07, 6.45) is 1.50. The van der Waals surface area contributed by atoms with Crippen molar-refractivity contribution in [2.75, 3.05) is 0 Å². The van der Waals surface area contributed by atoms with Crippen molar-refractivity contribution in [1.29, 1.82) is 0 Å². The van der Waals surface area contributed by atoms with Gasteiger partial charge >= 0.3 is 0 Å². The van der Waals surface area contributed by atoms with Crippen molar-refractivity contribution in [1.82, 2.24) is 0 Å². The molecule has 0 fully saturated rings. The van der Waals surface area contributed by atoms with E-state index in [0.717, 1.165) is 0 Å². The molecule has 0 heterocycles. The summed E-state index contributed by atoms with van der Waals surface area (Å²) in [5, 5.41) is 0. The molecular formula is C2H3OW-. The fraction of sp³-hybridized carbons (Fsp3) is 0.500. The van der Waals surface area contributed by atoms with Crippen molar-refractivity contribution in [2.45, 2.75) is 6.92 Å². The Balaban J connectivity index is 0. The van der Waals surface area contributed by atoms with E-state index in [0.29, 0.717) is 0 Å². The van der Waals surface area contributed by atoms with Crippen molar-refractivity contribution >= 4 is 6.29 Å². The zero-order chi connectivity index (χ0) is 2.71. The second kappa shape index (κ2) is 10.1. The molecule has 0 bridgehead atoms. The molecule has 0 saturated heterocycles. The first-order valence-electron chi connectivity index (χ1n) is 0.704. The zero-order valence-electron chi connectivity index (χ0n) is 2.32. The molecular weight excluding hydrogens is 224 g/mol. The van der Waals surface area contributed by atoms with Gasteiger partial charge < -0.3 is 4.79 Å². The van der Waals surface area contributed by atoms with Gasteiger partial charge in [0.05, 0.1) is 0 Å². The monoisotopic (exact) mass is 227 g/mol. The standard InChI is InChI=1S/C2H3O.W/c1-2-3;/h1H3;/q-1;. The molecule has 0 aliphatic heterocycles. The van der Waals surface area contributed by atoms with Gasteiger partial charge in [0.2, 0.25) is 0 Å². The first-order valence-corrected chi connectivity index (χ1v) is 0.704. The SMILES string of the molecule is C[C-]=O.[W]. The van der Waals surface area contributed by atoms with Crippen molar-refractivity contribution in [3.8, 4) is 0 Å². The van der Waals surface area contributed by atoms with E-state index >= 15 is 0 Å². The summed E-state index contributed by atoms with van der Waals surface area (Å²) in [4.78, 5) is 8.68. The Morgan fingerprint density at radius 1 is 1.75 bits per heavy atom. The van der Waals surface area contributed by atoms with E-state index in [1.54, 1.807) is 0 Å². The molecule has 0 saturated carbocycles. The van der Waals surface area contributed by atoms with Gasteiger partial charge in [-0.2, -0.15) is 6.92 Å². The third-order valence-electron chi connectivity index (χ3n) is 0. The van der Waals surface area contributed by atoms with Crippen LogP contribution in [0.15, 0.2) is 0 Å². The predicted molar refractivity (Wildman–Crippen MR) is 11.4 cm³/mol. The number of rotatable bonds is 0. The summed E-state index contributed by atoms with van der Waals surface area (Å²) in [5.41, 5.74) is 0. The molecule has 0 aliphatic rings. The van der Waals surface area contributed by atoms with Crippen LogP contribution in [0.2, 0.25) is 0 Å². The number of hydrogen-bond acceptors (Lipinski definition) is 1. The van der Waals surface area contributed by atoms with Crippen molar-refractivity contribution < 1.29 is 25.9 Å². The Morgan fingerprint density at radius 3 is 1.75 bits per heavy atom. The van der Waals surface area contributed by atoms with E-state index in [9.17, 15) is 0 Å². The first kappa shape index (κ1) is 8.84. The quantitative estimate of drug-likeness (QED) is 0.537. The summed E-state index contributed by atoms with van der Waals surface area (Å²) in [5.74, 6) is 0. The van der Waals surface area contributed by atoms with E-state index in [1.807, 2.05) is 0 Å². The predicted octanol–water partition coefficient (Wildman–Crippen LogP) is 0.113. The maximum absolute atomic E-state index is 8.68. The minimum absolute atomic E-state index is 0. The Kier molecular flexibility index (Phi) is 22.4. The van der Waals surface area contributed by atoms with E-state index < -0.39 is 0 Å². The second-order valence-corrected chi connectivity index (χ2v) is 0.204. The van der Waals surface area contributed by atoms with E-state index in [4.69, 9.17) is 4.79 Å². The molecule has 4 heavy (non-hydrogen) atoms. The van der Waals surface area contributed by atoms with Gasteiger partial charge in [-0.05, 0) is 0 Å². The summed E-state index contributed by atoms with van der Waals surface area (Å²) < 4.78 is 0. The third-order valence-corrected chi connectivity index (χ3v) is 0. The van der Waals surface area contributed by atoms with Gasteiger partial charge in [0, 0.05) is 21.1 Å². The van der Waals surface area contributed by atoms with Crippen LogP contribution in [-0.4, -0.2) is 6.29 Å². The molecule has 0 rings (SSSR count). The van der Waals surface area contributed by atoms with Crippen LogP contribution >= 0.6 is 0 Å². The van der Waals surface area contributed by atoms with Crippen molar-refractivity contribution in [3.63, 3.8) is 0 Å². The number of carbonyl (C=O) groups excluding carboxylic acids is 1. The van der Waals surface area contributed by atoms with Crippen LogP contribution in [-0.2, 0) is 25.9 Å². The second-order valence-electron chi connectivity index (χ2n) is 0.204. The molecule has 0 aromatic rings. The summed E-state index contributed by atoms with van der Waals surface area (Å²) in [7, 11) is 0. The molecule has 0 aromatic carbocycles. The van der Waals surface area contributed by atoms with Gasteiger partial charge in [0.15, 0.2) is 0 Å². The van der Waals surface area contributed by atoms with Crippen LogP contribution in [0.3, 0.4) is 0 Å². The molecule has 0 radical (unpaired) electrons. The van der Waals surface area contributed by atoms with Gasteiger partial charge in [-0.3, -0.25) is 6.29 Å². The minimum Gasteiger partial charge on any atom is -0.542 e. The zero-order valence-corrected chi connectivity index (χ0v) is 5.25. The van der Waals surface area contributed by atoms with Gasteiger partial charge in [-0.15, -0.1) is 0 Å². The van der Waals surface area contributed by atoms with Crippen LogP contribution < -0.4 is 0 Å². The van der Waals surface area contributed by atoms with Gasteiger partial charge in [-0.1, -0.05) is 0 Å². The van der Waals surface area contributed by atoms with Gasteiger partial charge in [0.25, 0.3) is 0 Å². The average molecular weight is 227 g/mol. The fourth-order valence-electron chi connectivity index (χ4n) is 0. The van der Waals surface area contributed by atoms with Crippen LogP contribution in [0.25, 0.3) is 0 Å². The largest absolute Gasteiger partial charge is 0.542 e. The fourth-order valence-corrected chi connectivity index (χ4v) is 0. The molecule has 0 unspecified atom stereocenters. The van der Waals surface area contributed by atoms with Crippen LogP contribution in [0.1, 0.15) is 6.92 Å². The van der Waals surface area contributed by atoms with Crippen LogP contribution in [0, 0.1) is 0 Å². The first-order chi connectivity index (χ1) is 1.41. The van der Waals surface area contributed by atoms with Gasteiger partial charge in [-0.25, -0.2) is 0 Å². The van der Waals surface area contributed by atoms with Crippen molar-refractivity contribution in [3.05, 3.63) is 0 Å². The molecule has 0 atom stereocenters. The molecule has 0 N–H and O–H groups in total. The van der Waals surface area contributed by atoms with E-state index in [1.165, 1.54) is 13.2 Å². The smallest absolute Gasteiger partial charge is 0 e. The summed E-state index contributed by atoms with van der Waals surface area (Å²) in [6, 6.07) is 0. The average Bonchev–Trinajstić information content (AvgIpc) is 0.918. The maximum Gasteiger partial charge on any atom is 0 e. The Hall–Kier alpha value is 0.358. The van der Waals surface area contributed by atoms with Gasteiger partial charge in [0.1, 0.15) is 0 Å². The Morgan fingerprint density at radius 2 is 1.75 bits per heavy atom. The molecule has 0 amide bonds. The topological polar surface area (TPSA) is 17.1 Å². The minimum atomic E-state index is 0. The Labute approximate surface area is 39.7 Å². The third kappa shape index (κ3) is 33.9. The molecule has 0 aromatic heterocycles. The summed E-state index contributed by atoms with van der Waals surface area (Å²) >= 11 is 0. The maximum atomic E-state index is 8.68. The normalized spacial score (nSPS) is 3.25. The number of hydrogen-bond donors (Lipinski definition) is 0. The molecule has 24 valence electrons. The molecule has 0 spiro atoms. The molecule has 0 aliphatic carbocycles.